The van der Waals surface area contributed by atoms with E-state index in [-0.39, 0.29) is 17.9 Å². The monoisotopic (exact) mass is 476 g/mol. The Morgan fingerprint density at radius 3 is 1.50 bits per heavy atom. The Balaban J connectivity index is 1.58. The molecule has 0 amide bonds. The molecule has 1 heterocycles. The number of epoxide rings is 1. The maximum Gasteiger partial charge on any atom is 0.119 e. The summed E-state index contributed by atoms with van der Waals surface area (Å²) in [6.45, 7) is 7.97. The van der Waals surface area contributed by atoms with Gasteiger partial charge in [0.25, 0.3) is 0 Å². The number of rotatable bonds is 10. The van der Waals surface area contributed by atoms with E-state index in [0.29, 0.717) is 6.61 Å². The van der Waals surface area contributed by atoms with Crippen molar-refractivity contribution in [2.75, 3.05) is 13.2 Å². The predicted octanol–water partition coefficient (Wildman–Crippen LogP) is 8.00. The van der Waals surface area contributed by atoms with Crippen LogP contribution in [0.5, 0.6) is 5.75 Å². The Morgan fingerprint density at radius 2 is 1.08 bits per heavy atom. The van der Waals surface area contributed by atoms with Gasteiger partial charge in [0.15, 0.2) is 0 Å². The summed E-state index contributed by atoms with van der Waals surface area (Å²) in [5.74, 6) is 1.26. The molecule has 2 heteroatoms. The van der Waals surface area contributed by atoms with E-state index in [4.69, 9.17) is 9.47 Å². The molecule has 184 valence electrons. The molecule has 0 radical (unpaired) electrons. The van der Waals surface area contributed by atoms with E-state index in [2.05, 4.69) is 118 Å². The van der Waals surface area contributed by atoms with Crippen LogP contribution in [0.3, 0.4) is 0 Å². The Kier molecular flexibility index (Phi) is 7.53. The fourth-order valence-electron chi connectivity index (χ4n) is 5.01. The zero-order valence-corrected chi connectivity index (χ0v) is 21.6. The quantitative estimate of drug-likeness (QED) is 0.216. The Labute approximate surface area is 215 Å². The van der Waals surface area contributed by atoms with Gasteiger partial charge < -0.3 is 9.47 Å². The van der Waals surface area contributed by atoms with Gasteiger partial charge in [-0.1, -0.05) is 109 Å². The summed E-state index contributed by atoms with van der Waals surface area (Å²) in [4.78, 5) is 0. The molecule has 1 fully saturated rings. The molecule has 1 saturated heterocycles. The number of hydrogen-bond donors (Lipinski definition) is 0. The molecule has 2 nitrogen and oxygen atoms in total. The molecule has 1 aliphatic rings. The highest BCUT2D eigenvalue weighted by atomic mass is 16.6. The lowest BCUT2D eigenvalue weighted by Gasteiger charge is -2.30. The van der Waals surface area contributed by atoms with Crippen molar-refractivity contribution in [3.63, 3.8) is 0 Å². The highest BCUT2D eigenvalue weighted by Gasteiger charge is 2.29. The zero-order valence-electron chi connectivity index (χ0n) is 21.6. The van der Waals surface area contributed by atoms with Crippen molar-refractivity contribution in [1.29, 1.82) is 0 Å². The van der Waals surface area contributed by atoms with E-state index in [1.807, 2.05) is 0 Å². The molecule has 5 rings (SSSR count). The lowest BCUT2D eigenvalue weighted by Crippen LogP contribution is -2.15. The van der Waals surface area contributed by atoms with Crippen molar-refractivity contribution >= 4 is 0 Å². The van der Waals surface area contributed by atoms with Crippen LogP contribution >= 0.6 is 0 Å². The number of hydrogen-bond acceptors (Lipinski definition) is 2. The first-order chi connectivity index (χ1) is 17.6. The third-order valence-electron chi connectivity index (χ3n) is 7.16. The average Bonchev–Trinajstić information content (AvgIpc) is 3.74. The summed E-state index contributed by atoms with van der Waals surface area (Å²) in [6, 6.07) is 36.1. The van der Waals surface area contributed by atoms with Gasteiger partial charge in [-0.3, -0.25) is 0 Å². The minimum absolute atomic E-state index is 0.172. The second-order valence-corrected chi connectivity index (χ2v) is 10.1. The van der Waals surface area contributed by atoms with E-state index in [1.165, 1.54) is 38.9 Å². The van der Waals surface area contributed by atoms with Gasteiger partial charge >= 0.3 is 0 Å². The molecular formula is C34H36O2. The van der Waals surface area contributed by atoms with Gasteiger partial charge in [0.2, 0.25) is 0 Å². The lowest BCUT2D eigenvalue weighted by atomic mass is 9.73. The Bertz CT molecular complexity index is 1230. The molecule has 0 bridgehead atoms. The molecule has 3 atom stereocenters. The normalized spacial score (nSPS) is 16.4. The molecule has 4 aromatic carbocycles. The van der Waals surface area contributed by atoms with Crippen LogP contribution in [0.1, 0.15) is 64.1 Å². The van der Waals surface area contributed by atoms with E-state index in [9.17, 15) is 0 Å². The van der Waals surface area contributed by atoms with Gasteiger partial charge in [-0.2, -0.15) is 0 Å². The summed E-state index contributed by atoms with van der Waals surface area (Å²) in [5.41, 5.74) is 9.25. The number of aryl methyl sites for hydroxylation is 3. The van der Waals surface area contributed by atoms with Gasteiger partial charge in [0.05, 0.1) is 6.61 Å². The smallest absolute Gasteiger partial charge is 0.119 e. The molecule has 0 saturated carbocycles. The molecule has 4 aromatic rings. The minimum atomic E-state index is 0.172. The van der Waals surface area contributed by atoms with E-state index >= 15 is 0 Å². The molecule has 36 heavy (non-hydrogen) atoms. The molecule has 0 N–H and O–H groups in total. The van der Waals surface area contributed by atoms with Crippen molar-refractivity contribution in [2.45, 2.75) is 51.6 Å². The van der Waals surface area contributed by atoms with Crippen LogP contribution in [0, 0.1) is 13.8 Å². The fourth-order valence-corrected chi connectivity index (χ4v) is 5.01. The Hall–Kier alpha value is -3.36. The van der Waals surface area contributed by atoms with Crippen LogP contribution in [-0.2, 0) is 11.2 Å². The summed E-state index contributed by atoms with van der Waals surface area (Å²) in [5, 5.41) is 0. The van der Waals surface area contributed by atoms with Crippen LogP contribution in [0.15, 0.2) is 97.1 Å². The SMILES string of the molecule is CCCc1ccc(C(c2ccc(C)cc2)C(c2ccc(C)cc2)c2ccc(OCC3CO3)cc2)cc1. The summed E-state index contributed by atoms with van der Waals surface area (Å²) < 4.78 is 11.2. The first kappa shape index (κ1) is 24.3. The maximum atomic E-state index is 5.94. The van der Waals surface area contributed by atoms with Crippen molar-refractivity contribution in [2.24, 2.45) is 0 Å². The fraction of sp³-hybridized carbons (Fsp3) is 0.294. The van der Waals surface area contributed by atoms with E-state index < -0.39 is 0 Å². The highest BCUT2D eigenvalue weighted by molar-refractivity contribution is 5.47. The molecule has 0 aromatic heterocycles. The number of ether oxygens (including phenoxy) is 2. The molecule has 1 aliphatic heterocycles. The predicted molar refractivity (Wildman–Crippen MR) is 148 cm³/mol. The standard InChI is InChI=1S/C34H36O2/c1-4-5-26-10-16-29(17-11-26)33(27-12-6-24(2)7-13-27)34(28-14-8-25(3)9-15-28)30-18-20-31(21-19-30)35-22-32-23-36-32/h6-21,32-34H,4-5,22-23H2,1-3H3. The largest absolute Gasteiger partial charge is 0.491 e. The van der Waals surface area contributed by atoms with Crippen LogP contribution in [0.25, 0.3) is 0 Å². The van der Waals surface area contributed by atoms with Crippen LogP contribution < -0.4 is 4.74 Å². The van der Waals surface area contributed by atoms with Gasteiger partial charge in [-0.15, -0.1) is 0 Å². The van der Waals surface area contributed by atoms with Crippen LogP contribution in [0.4, 0.5) is 0 Å². The first-order valence-corrected chi connectivity index (χ1v) is 13.2. The molecular weight excluding hydrogens is 440 g/mol. The first-order valence-electron chi connectivity index (χ1n) is 13.2. The molecule has 3 unspecified atom stereocenters. The third-order valence-corrected chi connectivity index (χ3v) is 7.16. The van der Waals surface area contributed by atoms with Gasteiger partial charge in [-0.05, 0) is 60.2 Å². The van der Waals surface area contributed by atoms with E-state index in [0.717, 1.165) is 25.2 Å². The van der Waals surface area contributed by atoms with E-state index in [1.54, 1.807) is 0 Å². The zero-order chi connectivity index (χ0) is 24.9. The van der Waals surface area contributed by atoms with Crippen molar-refractivity contribution < 1.29 is 9.47 Å². The topological polar surface area (TPSA) is 21.8 Å². The summed E-state index contributed by atoms with van der Waals surface area (Å²) in [7, 11) is 0. The third kappa shape index (κ3) is 5.88. The molecule has 0 spiro atoms. The van der Waals surface area contributed by atoms with Crippen molar-refractivity contribution in [3.8, 4) is 5.75 Å². The summed E-state index contributed by atoms with van der Waals surface area (Å²) in [6.07, 6.45) is 2.53. The minimum Gasteiger partial charge on any atom is -0.491 e. The number of benzene rings is 4. The van der Waals surface area contributed by atoms with Gasteiger partial charge in [0, 0.05) is 11.8 Å². The van der Waals surface area contributed by atoms with Crippen LogP contribution in [-0.4, -0.2) is 19.3 Å². The van der Waals surface area contributed by atoms with Gasteiger partial charge in [-0.25, -0.2) is 0 Å². The second-order valence-electron chi connectivity index (χ2n) is 10.1. The van der Waals surface area contributed by atoms with Crippen LogP contribution in [0.2, 0.25) is 0 Å². The molecule has 0 aliphatic carbocycles. The van der Waals surface area contributed by atoms with Crippen molar-refractivity contribution in [3.05, 3.63) is 136 Å². The highest BCUT2D eigenvalue weighted by Crippen LogP contribution is 2.43. The summed E-state index contributed by atoms with van der Waals surface area (Å²) >= 11 is 0. The van der Waals surface area contributed by atoms with Crippen molar-refractivity contribution in [1.82, 2.24) is 0 Å². The van der Waals surface area contributed by atoms with Gasteiger partial charge in [0.1, 0.15) is 18.5 Å². The average molecular weight is 477 g/mol. The Morgan fingerprint density at radius 1 is 0.667 bits per heavy atom. The lowest BCUT2D eigenvalue weighted by molar-refractivity contribution is 0.263. The maximum absolute atomic E-state index is 5.94. The second kappa shape index (κ2) is 11.1.